The van der Waals surface area contributed by atoms with E-state index in [0.29, 0.717) is 27.3 Å². The summed E-state index contributed by atoms with van der Waals surface area (Å²) in [5.74, 6) is 3.81. The fraction of sp³-hybridized carbons (Fsp3) is 0. The van der Waals surface area contributed by atoms with Crippen molar-refractivity contribution >= 4 is 53.7 Å². The molecule has 3 aromatic rings. The second-order valence-electron chi connectivity index (χ2n) is 6.85. The summed E-state index contributed by atoms with van der Waals surface area (Å²) in [5.41, 5.74) is 4.39. The molecule has 6 nitrogen and oxygen atoms in total. The highest BCUT2D eigenvalue weighted by molar-refractivity contribution is 7.68. The summed E-state index contributed by atoms with van der Waals surface area (Å²) in [5, 5.41) is 5.93. The lowest BCUT2D eigenvalue weighted by Gasteiger charge is -2.23. The van der Waals surface area contributed by atoms with Crippen LogP contribution in [0.1, 0.15) is 11.1 Å². The van der Waals surface area contributed by atoms with Gasteiger partial charge in [-0.2, -0.15) is 5.20 Å². The minimum atomic E-state index is -3.35. The third-order valence-electron chi connectivity index (χ3n) is 4.48. The number of benzene rings is 3. The molecule has 0 aliphatic carbocycles. The number of hydrogen-bond acceptors (Lipinski definition) is 3. The lowest BCUT2D eigenvalue weighted by Crippen LogP contribution is -2.38. The predicted molar refractivity (Wildman–Crippen MR) is 129 cm³/mol. The first-order valence-corrected chi connectivity index (χ1v) is 12.2. The first kappa shape index (κ1) is 22.2. The standard InChI is InChI=1S/C23H18Cl2N3O3P/c24-19-12-11-18(13-20(19)25)26-23(29)27-28-32(30)14-21(16-7-3-1-4-8-16)31-22(15-32)17-9-5-2-6-10-17/h1-15H,(H,28,30)(H2,26,27,29). The van der Waals surface area contributed by atoms with Crippen molar-refractivity contribution in [2.75, 3.05) is 5.32 Å². The lowest BCUT2D eigenvalue weighted by molar-refractivity contribution is 0.250. The zero-order chi connectivity index (χ0) is 22.6. The van der Waals surface area contributed by atoms with E-state index >= 15 is 0 Å². The summed E-state index contributed by atoms with van der Waals surface area (Å²) in [7, 11) is -3.35. The molecule has 0 aromatic heterocycles. The number of nitrogens with one attached hydrogen (secondary N) is 3. The van der Waals surface area contributed by atoms with Gasteiger partial charge in [0.05, 0.1) is 10.0 Å². The minimum Gasteiger partial charge on any atom is -0.456 e. The highest BCUT2D eigenvalue weighted by Gasteiger charge is 2.27. The van der Waals surface area contributed by atoms with E-state index in [1.165, 1.54) is 17.7 Å². The molecule has 1 heterocycles. The lowest BCUT2D eigenvalue weighted by atomic mass is 10.2. The highest BCUT2D eigenvalue weighted by atomic mass is 35.5. The number of carbonyl (C=O) groups is 1. The van der Waals surface area contributed by atoms with E-state index in [9.17, 15) is 9.36 Å². The van der Waals surface area contributed by atoms with Crippen LogP contribution in [-0.4, -0.2) is 6.03 Å². The molecule has 32 heavy (non-hydrogen) atoms. The third kappa shape index (κ3) is 5.42. The average Bonchev–Trinajstić information content (AvgIpc) is 2.81. The van der Waals surface area contributed by atoms with Crippen molar-refractivity contribution in [1.82, 2.24) is 10.6 Å². The number of hydrazine groups is 1. The molecule has 3 aromatic carbocycles. The minimum absolute atomic E-state index is 0.306. The monoisotopic (exact) mass is 485 g/mol. The van der Waals surface area contributed by atoms with Crippen LogP contribution in [0.5, 0.6) is 0 Å². The van der Waals surface area contributed by atoms with Crippen LogP contribution in [0.3, 0.4) is 0 Å². The molecule has 2 amide bonds. The van der Waals surface area contributed by atoms with E-state index in [0.717, 1.165) is 11.1 Å². The second kappa shape index (κ2) is 9.63. The van der Waals surface area contributed by atoms with Gasteiger partial charge in [0.25, 0.3) is 0 Å². The van der Waals surface area contributed by atoms with Crippen LogP contribution in [0.15, 0.2) is 90.5 Å². The summed E-state index contributed by atoms with van der Waals surface area (Å²) in [6.45, 7) is 0. The molecular weight excluding hydrogens is 468 g/mol. The van der Waals surface area contributed by atoms with Crippen molar-refractivity contribution in [3.63, 3.8) is 0 Å². The fourth-order valence-corrected chi connectivity index (χ4v) is 4.85. The molecule has 0 unspecified atom stereocenters. The first-order valence-electron chi connectivity index (χ1n) is 9.55. The van der Waals surface area contributed by atoms with E-state index in [2.05, 4.69) is 15.9 Å². The molecule has 9 heteroatoms. The molecule has 0 spiro atoms. The Morgan fingerprint density at radius 3 is 1.88 bits per heavy atom. The Kier molecular flexibility index (Phi) is 6.68. The second-order valence-corrected chi connectivity index (χ2v) is 9.82. The maximum Gasteiger partial charge on any atom is 0.333 e. The average molecular weight is 486 g/mol. The van der Waals surface area contributed by atoms with Crippen LogP contribution in [0.25, 0.3) is 11.5 Å². The van der Waals surface area contributed by atoms with Crippen molar-refractivity contribution in [2.24, 2.45) is 0 Å². The molecule has 0 saturated carbocycles. The summed E-state index contributed by atoms with van der Waals surface area (Å²) in [6.07, 6.45) is 0. The maximum atomic E-state index is 13.6. The summed E-state index contributed by atoms with van der Waals surface area (Å²) in [6, 6.07) is 22.7. The predicted octanol–water partition coefficient (Wildman–Crippen LogP) is 6.93. The maximum absolute atomic E-state index is 13.6. The van der Waals surface area contributed by atoms with E-state index in [-0.39, 0.29) is 0 Å². The van der Waals surface area contributed by atoms with Gasteiger partial charge in [0.1, 0.15) is 11.5 Å². The number of rotatable bonds is 5. The zero-order valence-electron chi connectivity index (χ0n) is 16.6. The van der Waals surface area contributed by atoms with Gasteiger partial charge >= 0.3 is 6.03 Å². The SMILES string of the molecule is O=C(NNP1(=O)C=C(c2ccccc2)OC(c2ccccc2)=C1)Nc1ccc(Cl)c(Cl)c1. The first-order chi connectivity index (χ1) is 15.4. The van der Waals surface area contributed by atoms with Gasteiger partial charge in [0.15, 0.2) is 0 Å². The van der Waals surface area contributed by atoms with Crippen molar-refractivity contribution in [2.45, 2.75) is 0 Å². The Morgan fingerprint density at radius 2 is 1.34 bits per heavy atom. The molecule has 0 saturated heterocycles. The quantitative estimate of drug-likeness (QED) is 0.270. The highest BCUT2D eigenvalue weighted by Crippen LogP contribution is 2.52. The molecule has 0 fully saturated rings. The Labute approximate surface area is 195 Å². The Bertz CT molecular complexity index is 1190. The molecule has 1 aliphatic rings. The van der Waals surface area contributed by atoms with Crippen LogP contribution in [0.2, 0.25) is 10.0 Å². The van der Waals surface area contributed by atoms with Gasteiger partial charge in [-0.1, -0.05) is 83.9 Å². The van der Waals surface area contributed by atoms with Gasteiger partial charge < -0.3 is 10.1 Å². The Morgan fingerprint density at radius 1 is 0.781 bits per heavy atom. The zero-order valence-corrected chi connectivity index (χ0v) is 19.0. The van der Waals surface area contributed by atoms with Crippen molar-refractivity contribution < 1.29 is 14.1 Å². The Balaban J connectivity index is 1.56. The number of hydrogen-bond donors (Lipinski definition) is 3. The summed E-state index contributed by atoms with van der Waals surface area (Å²) in [4.78, 5) is 12.3. The van der Waals surface area contributed by atoms with Gasteiger partial charge in [-0.15, -0.1) is 0 Å². The van der Waals surface area contributed by atoms with Crippen LogP contribution < -0.4 is 15.9 Å². The third-order valence-corrected chi connectivity index (χ3v) is 6.91. The van der Waals surface area contributed by atoms with Gasteiger partial charge in [-0.05, 0) is 18.2 Å². The van der Waals surface area contributed by atoms with Crippen LogP contribution in [-0.2, 0) is 9.30 Å². The van der Waals surface area contributed by atoms with E-state index in [1.54, 1.807) is 12.1 Å². The Hall–Kier alpha value is -3.02. The number of carbonyl (C=O) groups excluding carboxylic acids is 1. The van der Waals surface area contributed by atoms with Crippen LogP contribution >= 0.6 is 30.5 Å². The topological polar surface area (TPSA) is 79.5 Å². The van der Waals surface area contributed by atoms with Crippen molar-refractivity contribution in [3.05, 3.63) is 112 Å². The van der Waals surface area contributed by atoms with E-state index in [1.807, 2.05) is 60.7 Å². The molecule has 162 valence electrons. The van der Waals surface area contributed by atoms with Gasteiger partial charge in [0, 0.05) is 28.4 Å². The van der Waals surface area contributed by atoms with Gasteiger partial charge in [-0.25, -0.2) is 4.79 Å². The van der Waals surface area contributed by atoms with Crippen LogP contribution in [0, 0.1) is 0 Å². The molecule has 4 rings (SSSR count). The van der Waals surface area contributed by atoms with Crippen LogP contribution in [0.4, 0.5) is 10.5 Å². The molecule has 0 atom stereocenters. The summed E-state index contributed by atoms with van der Waals surface area (Å²) >= 11 is 11.9. The van der Waals surface area contributed by atoms with Crippen molar-refractivity contribution in [1.29, 1.82) is 0 Å². The van der Waals surface area contributed by atoms with Gasteiger partial charge in [-0.3, -0.25) is 9.99 Å². The van der Waals surface area contributed by atoms with Gasteiger partial charge in [0.2, 0.25) is 7.29 Å². The molecular formula is C23H18Cl2N3O3P. The number of halogens is 2. The van der Waals surface area contributed by atoms with E-state index in [4.69, 9.17) is 27.9 Å². The van der Waals surface area contributed by atoms with E-state index < -0.39 is 13.3 Å². The molecule has 0 bridgehead atoms. The van der Waals surface area contributed by atoms with Crippen molar-refractivity contribution in [3.8, 4) is 0 Å². The smallest absolute Gasteiger partial charge is 0.333 e. The number of anilines is 1. The molecule has 3 N–H and O–H groups in total. The normalized spacial score (nSPS) is 14.6. The fourth-order valence-electron chi connectivity index (χ4n) is 2.97. The molecule has 1 aliphatic heterocycles. The number of ether oxygens (including phenoxy) is 1. The number of amides is 2. The largest absolute Gasteiger partial charge is 0.456 e. The molecule has 0 radical (unpaired) electrons. The number of urea groups is 1. The summed E-state index contributed by atoms with van der Waals surface area (Å²) < 4.78 is 19.7.